The number of allylic oxidation sites excluding steroid dienone is 4. The molecule has 3 aromatic rings. The molecule has 0 spiro atoms. The molecule has 0 atom stereocenters. The van der Waals surface area contributed by atoms with Crippen LogP contribution in [0.1, 0.15) is 87.8 Å². The lowest BCUT2D eigenvalue weighted by molar-refractivity contribution is -0.139. The number of aromatic amines is 1. The van der Waals surface area contributed by atoms with E-state index in [1.807, 2.05) is 6.20 Å². The third-order valence-corrected chi connectivity index (χ3v) is 8.00. The van der Waals surface area contributed by atoms with E-state index >= 15 is 0 Å². The summed E-state index contributed by atoms with van der Waals surface area (Å²) in [6.45, 7) is 12.4. The number of aliphatic carboxylic acids is 1. The number of hydrogen-bond donors (Lipinski definition) is 2. The number of aryl methyl sites for hydroxylation is 2. The number of hydrogen-bond acceptors (Lipinski definition) is 6. The molecule has 216 valence electrons. The Labute approximate surface area is 246 Å². The molecule has 42 heavy (non-hydrogen) atoms. The predicted octanol–water partition coefficient (Wildman–Crippen LogP) is 7.74. The highest BCUT2D eigenvalue weighted by atomic mass is 16.5. The summed E-state index contributed by atoms with van der Waals surface area (Å²) in [7, 11) is 0. The van der Waals surface area contributed by atoms with Crippen molar-refractivity contribution in [1.82, 2.24) is 24.9 Å². The first kappa shape index (κ1) is 28.9. The summed E-state index contributed by atoms with van der Waals surface area (Å²) in [5.41, 5.74) is 13.9. The lowest BCUT2D eigenvalue weighted by Crippen LogP contribution is -2.09. The number of carboxylic acids is 1. The molecule has 4 heterocycles. The Bertz CT molecular complexity index is 1830. The maximum absolute atomic E-state index is 11.1. The van der Waals surface area contributed by atoms with E-state index in [0.717, 1.165) is 70.6 Å². The Hall–Kier alpha value is -4.59. The van der Waals surface area contributed by atoms with Crippen molar-refractivity contribution in [2.24, 2.45) is 0 Å². The second-order valence-electron chi connectivity index (χ2n) is 10.4. The summed E-state index contributed by atoms with van der Waals surface area (Å²) in [6, 6.07) is 9.50. The molecule has 2 N–H and O–H groups in total. The molecule has 0 amide bonds. The number of rotatable bonds is 7. The standard InChI is InChI=1S/C34H37N5O3/c1-7-22-19(5)32-16-35-26-12-11-21(42-18-34(40)41)13-31(26)36-17-33-20(6)23(8-2)28(39-33)15-30-25(10-4)24(9-3)29(37-30)14-27(22)38-32/h11-17,38H,7-10,18H2,1-6H3,(H,40,41). The molecule has 0 fully saturated rings. The lowest BCUT2D eigenvalue weighted by Gasteiger charge is -2.03. The van der Waals surface area contributed by atoms with Crippen molar-refractivity contribution < 1.29 is 14.6 Å². The Balaban J connectivity index is 1.89. The first-order valence-corrected chi connectivity index (χ1v) is 14.6. The molecule has 1 aromatic carbocycles. The minimum Gasteiger partial charge on any atom is -0.482 e. The van der Waals surface area contributed by atoms with E-state index in [9.17, 15) is 4.79 Å². The highest BCUT2D eigenvalue weighted by Crippen LogP contribution is 2.37. The molecule has 2 aliphatic rings. The van der Waals surface area contributed by atoms with Crippen molar-refractivity contribution in [1.29, 1.82) is 0 Å². The largest absolute Gasteiger partial charge is 0.482 e. The molecule has 0 unspecified atom stereocenters. The van der Waals surface area contributed by atoms with Gasteiger partial charge in [-0.25, -0.2) is 14.8 Å². The number of ether oxygens (including phenoxy) is 1. The average molecular weight is 564 g/mol. The quantitative estimate of drug-likeness (QED) is 0.302. The van der Waals surface area contributed by atoms with Crippen molar-refractivity contribution in [2.75, 3.05) is 6.61 Å². The van der Waals surface area contributed by atoms with Gasteiger partial charge in [0, 0.05) is 11.6 Å². The second-order valence-corrected chi connectivity index (χ2v) is 10.4. The zero-order chi connectivity index (χ0) is 30.0. The van der Waals surface area contributed by atoms with Gasteiger partial charge in [0.05, 0.1) is 51.7 Å². The van der Waals surface area contributed by atoms with Gasteiger partial charge < -0.3 is 14.8 Å². The molecule has 0 saturated heterocycles. The smallest absolute Gasteiger partial charge is 0.341 e. The number of carbonyl (C=O) groups is 1. The summed E-state index contributed by atoms with van der Waals surface area (Å²) in [4.78, 5) is 34.4. The van der Waals surface area contributed by atoms with Crippen LogP contribution in [-0.2, 0) is 11.2 Å². The van der Waals surface area contributed by atoms with E-state index < -0.39 is 12.6 Å². The van der Waals surface area contributed by atoms with Crippen molar-refractivity contribution >= 4 is 50.3 Å². The minimum atomic E-state index is -1.04. The topological polar surface area (TPSA) is 114 Å². The van der Waals surface area contributed by atoms with Crippen LogP contribution in [0.2, 0.25) is 0 Å². The van der Waals surface area contributed by atoms with Gasteiger partial charge >= 0.3 is 5.97 Å². The van der Waals surface area contributed by atoms with Crippen LogP contribution >= 0.6 is 0 Å². The third kappa shape index (κ3) is 5.49. The number of fused-ring (bicyclic) bond motifs is 7. The van der Waals surface area contributed by atoms with Gasteiger partial charge in [0.15, 0.2) is 6.61 Å². The summed E-state index contributed by atoms with van der Waals surface area (Å²) in [6.07, 6.45) is 7.06. The van der Waals surface area contributed by atoms with Crippen molar-refractivity contribution in [3.63, 3.8) is 0 Å². The fourth-order valence-electron chi connectivity index (χ4n) is 5.79. The van der Waals surface area contributed by atoms with Crippen LogP contribution < -0.4 is 4.74 Å². The fraction of sp³-hybridized carbons (Fsp3) is 0.324. The SMILES string of the molecule is CCC1=C(C)c2cnc3cc(OCC(=O)O)ccc3ncc3[nH]c(cc4nc(cc1n2)C(CC)=C4CC)c(CC)c3C. The highest BCUT2D eigenvalue weighted by molar-refractivity contribution is 5.95. The van der Waals surface area contributed by atoms with Crippen LogP contribution in [0.3, 0.4) is 0 Å². The second kappa shape index (κ2) is 12.1. The fourth-order valence-corrected chi connectivity index (χ4v) is 5.79. The monoisotopic (exact) mass is 563 g/mol. The van der Waals surface area contributed by atoms with Crippen molar-refractivity contribution in [3.05, 3.63) is 76.6 Å². The number of nitrogens with zero attached hydrogens (tertiary/aromatic N) is 4. The highest BCUT2D eigenvalue weighted by Gasteiger charge is 2.21. The Morgan fingerprint density at radius 3 is 2.07 bits per heavy atom. The molecule has 6 bridgehead atoms. The molecule has 8 nitrogen and oxygen atoms in total. The summed E-state index contributed by atoms with van der Waals surface area (Å²) in [5.74, 6) is -0.639. The van der Waals surface area contributed by atoms with E-state index in [2.05, 4.69) is 58.7 Å². The predicted molar refractivity (Wildman–Crippen MR) is 168 cm³/mol. The van der Waals surface area contributed by atoms with Crippen LogP contribution in [0.25, 0.3) is 44.4 Å². The zero-order valence-electron chi connectivity index (χ0n) is 25.1. The summed E-state index contributed by atoms with van der Waals surface area (Å²) < 4.78 is 5.44. The van der Waals surface area contributed by atoms with Gasteiger partial charge in [-0.1, -0.05) is 27.7 Å². The third-order valence-electron chi connectivity index (χ3n) is 8.00. The number of aromatic nitrogens is 5. The Morgan fingerprint density at radius 1 is 0.762 bits per heavy atom. The average Bonchev–Trinajstić information content (AvgIpc) is 3.58. The van der Waals surface area contributed by atoms with E-state index in [-0.39, 0.29) is 0 Å². The molecule has 0 saturated carbocycles. The van der Waals surface area contributed by atoms with Gasteiger partial charge in [0.25, 0.3) is 0 Å². The molecule has 2 aliphatic heterocycles. The van der Waals surface area contributed by atoms with Gasteiger partial charge in [-0.3, -0.25) is 9.97 Å². The first-order chi connectivity index (χ1) is 20.3. The molecule has 8 heteroatoms. The number of nitrogens with one attached hydrogen (secondary N) is 1. The minimum absolute atomic E-state index is 0.405. The zero-order valence-corrected chi connectivity index (χ0v) is 25.1. The molecule has 0 radical (unpaired) electrons. The van der Waals surface area contributed by atoms with Gasteiger partial charge in [-0.2, -0.15) is 0 Å². The Morgan fingerprint density at radius 2 is 1.40 bits per heavy atom. The molecular formula is C34H37N5O3. The van der Waals surface area contributed by atoms with Crippen LogP contribution in [0.5, 0.6) is 5.75 Å². The number of carboxylic acid groups (broad SMARTS) is 1. The maximum Gasteiger partial charge on any atom is 0.341 e. The first-order valence-electron chi connectivity index (χ1n) is 14.6. The van der Waals surface area contributed by atoms with Gasteiger partial charge in [-0.15, -0.1) is 0 Å². The van der Waals surface area contributed by atoms with E-state index in [1.165, 1.54) is 22.3 Å². The van der Waals surface area contributed by atoms with Gasteiger partial charge in [-0.05, 0) is 97.2 Å². The maximum atomic E-state index is 11.1. The van der Waals surface area contributed by atoms with Crippen LogP contribution in [0.4, 0.5) is 0 Å². The molecule has 2 aromatic heterocycles. The van der Waals surface area contributed by atoms with E-state index in [0.29, 0.717) is 16.8 Å². The Kier molecular flexibility index (Phi) is 8.34. The molecule has 0 aliphatic carbocycles. The van der Waals surface area contributed by atoms with Crippen molar-refractivity contribution in [3.8, 4) is 5.75 Å². The van der Waals surface area contributed by atoms with Crippen LogP contribution in [0, 0.1) is 6.92 Å². The van der Waals surface area contributed by atoms with Crippen molar-refractivity contribution in [2.45, 2.75) is 67.2 Å². The van der Waals surface area contributed by atoms with Crippen LogP contribution in [0.15, 0.2) is 42.7 Å². The molecule has 5 rings (SSSR count). The van der Waals surface area contributed by atoms with Crippen LogP contribution in [-0.4, -0.2) is 42.6 Å². The number of benzene rings is 1. The van der Waals surface area contributed by atoms with E-state index in [4.69, 9.17) is 29.8 Å². The summed E-state index contributed by atoms with van der Waals surface area (Å²) >= 11 is 0. The van der Waals surface area contributed by atoms with Gasteiger partial charge in [0.2, 0.25) is 0 Å². The normalized spacial score (nSPS) is 13.0. The molecular weight excluding hydrogens is 526 g/mol. The summed E-state index contributed by atoms with van der Waals surface area (Å²) in [5, 5.41) is 9.07. The number of H-pyrrole nitrogens is 1. The van der Waals surface area contributed by atoms with Gasteiger partial charge in [0.1, 0.15) is 5.75 Å². The van der Waals surface area contributed by atoms with E-state index in [1.54, 1.807) is 24.4 Å². The lowest BCUT2D eigenvalue weighted by atomic mass is 9.99.